The molecule has 2 rings (SSSR count). The van der Waals surface area contributed by atoms with E-state index in [2.05, 4.69) is 15.9 Å². The lowest BCUT2D eigenvalue weighted by atomic mass is 10.3. The molecule has 2 aromatic rings. The number of nitrogens with zero attached hydrogens (tertiary/aromatic N) is 3. The van der Waals surface area contributed by atoms with Gasteiger partial charge in [0.15, 0.2) is 0 Å². The summed E-state index contributed by atoms with van der Waals surface area (Å²) in [5.74, 6) is -0.675. The fraction of sp³-hybridized carbons (Fsp3) is 0.312. The van der Waals surface area contributed by atoms with Gasteiger partial charge in [-0.15, -0.1) is 0 Å². The van der Waals surface area contributed by atoms with Gasteiger partial charge in [-0.3, -0.25) is 9.10 Å². The maximum Gasteiger partial charge on any atom is 0.265 e. The van der Waals surface area contributed by atoms with Crippen LogP contribution in [0.1, 0.15) is 10.5 Å². The zero-order chi connectivity index (χ0) is 18.8. The van der Waals surface area contributed by atoms with Crippen molar-refractivity contribution < 1.29 is 13.2 Å². The molecule has 0 aliphatic rings. The molecule has 7 nitrogen and oxygen atoms in total. The number of benzene rings is 1. The number of carbonyl (C=O) groups excluding carboxylic acids is 1. The van der Waals surface area contributed by atoms with Gasteiger partial charge in [0.2, 0.25) is 0 Å². The Morgan fingerprint density at radius 1 is 1.24 bits per heavy atom. The van der Waals surface area contributed by atoms with Crippen molar-refractivity contribution in [2.75, 3.05) is 31.5 Å². The molecule has 25 heavy (non-hydrogen) atoms. The molecule has 0 fully saturated rings. The third kappa shape index (κ3) is 4.42. The highest BCUT2D eigenvalue weighted by molar-refractivity contribution is 9.10. The Morgan fingerprint density at radius 2 is 1.92 bits per heavy atom. The van der Waals surface area contributed by atoms with E-state index in [9.17, 15) is 13.2 Å². The second-order valence-electron chi connectivity index (χ2n) is 5.90. The molecule has 136 valence electrons. The van der Waals surface area contributed by atoms with E-state index in [0.717, 1.165) is 4.47 Å². The zero-order valence-corrected chi connectivity index (χ0v) is 16.7. The van der Waals surface area contributed by atoms with Crippen molar-refractivity contribution in [1.82, 2.24) is 9.47 Å². The lowest BCUT2D eigenvalue weighted by Gasteiger charge is -2.25. The van der Waals surface area contributed by atoms with Crippen molar-refractivity contribution in [2.24, 2.45) is 12.8 Å². The number of carbonyl (C=O) groups is 1. The molecular weight excluding hydrogens is 408 g/mol. The van der Waals surface area contributed by atoms with Crippen LogP contribution in [0.15, 0.2) is 45.9 Å². The minimum absolute atomic E-state index is 0.0301. The Labute approximate surface area is 156 Å². The maximum absolute atomic E-state index is 13.2. The van der Waals surface area contributed by atoms with Gasteiger partial charge < -0.3 is 15.2 Å². The first-order valence-electron chi connectivity index (χ1n) is 7.52. The highest BCUT2D eigenvalue weighted by Crippen LogP contribution is 2.27. The summed E-state index contributed by atoms with van der Waals surface area (Å²) in [5.41, 5.74) is 5.98. The quantitative estimate of drug-likeness (QED) is 0.725. The summed E-state index contributed by atoms with van der Waals surface area (Å²) in [7, 11) is 1.49. The Kier molecular flexibility index (Phi) is 5.91. The van der Waals surface area contributed by atoms with Gasteiger partial charge >= 0.3 is 0 Å². The highest BCUT2D eigenvalue weighted by Gasteiger charge is 2.27. The van der Waals surface area contributed by atoms with E-state index in [1.165, 1.54) is 21.1 Å². The second kappa shape index (κ2) is 7.59. The number of rotatable bonds is 7. The summed E-state index contributed by atoms with van der Waals surface area (Å²) in [4.78, 5) is 13.4. The molecule has 0 bridgehead atoms. The highest BCUT2D eigenvalue weighted by atomic mass is 79.9. The number of nitrogens with two attached hydrogens (primary N) is 1. The molecule has 0 atom stereocenters. The average molecular weight is 429 g/mol. The Hall–Kier alpha value is -1.84. The molecule has 1 aromatic heterocycles. The SMILES string of the molecule is CN(C)CCN(c1cccc(Br)c1)S(=O)(=O)c1cc(C(N)=O)n(C)c1. The molecule has 2 N–H and O–H groups in total. The summed E-state index contributed by atoms with van der Waals surface area (Å²) < 4.78 is 29.9. The first-order chi connectivity index (χ1) is 11.6. The normalized spacial score (nSPS) is 11.7. The molecule has 1 aromatic carbocycles. The molecule has 0 unspecified atom stereocenters. The topological polar surface area (TPSA) is 88.6 Å². The number of aryl methyl sites for hydroxylation is 1. The van der Waals surface area contributed by atoms with Gasteiger partial charge in [-0.25, -0.2) is 8.42 Å². The van der Waals surface area contributed by atoms with Gasteiger partial charge in [0, 0.05) is 30.8 Å². The predicted molar refractivity (Wildman–Crippen MR) is 101 cm³/mol. The monoisotopic (exact) mass is 428 g/mol. The summed E-state index contributed by atoms with van der Waals surface area (Å²) in [6, 6.07) is 8.38. The van der Waals surface area contributed by atoms with E-state index in [1.807, 2.05) is 25.1 Å². The van der Waals surface area contributed by atoms with E-state index in [4.69, 9.17) is 5.73 Å². The molecule has 0 saturated carbocycles. The van der Waals surface area contributed by atoms with Crippen molar-refractivity contribution in [3.8, 4) is 0 Å². The molecule has 0 saturated heterocycles. The Morgan fingerprint density at radius 3 is 2.44 bits per heavy atom. The van der Waals surface area contributed by atoms with E-state index in [0.29, 0.717) is 12.2 Å². The van der Waals surface area contributed by atoms with Crippen LogP contribution in [0, 0.1) is 0 Å². The summed E-state index contributed by atoms with van der Waals surface area (Å²) in [5, 5.41) is 0. The first-order valence-corrected chi connectivity index (χ1v) is 9.75. The number of halogens is 1. The van der Waals surface area contributed by atoms with Crippen LogP contribution in [0.25, 0.3) is 0 Å². The van der Waals surface area contributed by atoms with Crippen LogP contribution in [0.3, 0.4) is 0 Å². The second-order valence-corrected chi connectivity index (χ2v) is 8.67. The molecule has 0 spiro atoms. The van der Waals surface area contributed by atoms with E-state index in [-0.39, 0.29) is 17.1 Å². The van der Waals surface area contributed by atoms with Crippen LogP contribution >= 0.6 is 15.9 Å². The van der Waals surface area contributed by atoms with Gasteiger partial charge in [0.25, 0.3) is 15.9 Å². The van der Waals surface area contributed by atoms with Gasteiger partial charge in [0.05, 0.1) is 5.69 Å². The molecule has 0 radical (unpaired) electrons. The summed E-state index contributed by atoms with van der Waals surface area (Å²) in [6.45, 7) is 0.813. The van der Waals surface area contributed by atoms with Crippen molar-refractivity contribution in [3.05, 3.63) is 46.7 Å². The Balaban J connectivity index is 2.51. The first kappa shape index (κ1) is 19.5. The van der Waals surface area contributed by atoms with E-state index in [1.54, 1.807) is 25.2 Å². The maximum atomic E-state index is 13.2. The number of hydrogen-bond donors (Lipinski definition) is 1. The lowest BCUT2D eigenvalue weighted by Crippen LogP contribution is -2.36. The van der Waals surface area contributed by atoms with Crippen molar-refractivity contribution in [1.29, 1.82) is 0 Å². The van der Waals surface area contributed by atoms with E-state index < -0.39 is 15.9 Å². The molecule has 9 heteroatoms. The molecule has 0 aliphatic carbocycles. The number of aromatic nitrogens is 1. The number of likely N-dealkylation sites (N-methyl/N-ethyl adjacent to an activating group) is 1. The minimum atomic E-state index is -3.84. The van der Waals surface area contributed by atoms with Crippen molar-refractivity contribution in [3.63, 3.8) is 0 Å². The third-order valence-corrected chi connectivity index (χ3v) is 5.95. The predicted octanol–water partition coefficient (Wildman–Crippen LogP) is 1.64. The van der Waals surface area contributed by atoms with Crippen LogP contribution in [0.2, 0.25) is 0 Å². The molecule has 0 aliphatic heterocycles. The average Bonchev–Trinajstić information content (AvgIpc) is 2.90. The summed E-state index contributed by atoms with van der Waals surface area (Å²) >= 11 is 3.37. The van der Waals surface area contributed by atoms with Crippen LogP contribution in [0.4, 0.5) is 5.69 Å². The van der Waals surface area contributed by atoms with Gasteiger partial charge in [-0.1, -0.05) is 22.0 Å². The van der Waals surface area contributed by atoms with Crippen molar-refractivity contribution in [2.45, 2.75) is 4.90 Å². The number of anilines is 1. The summed E-state index contributed by atoms with van der Waals surface area (Å²) in [6.07, 6.45) is 1.40. The third-order valence-electron chi connectivity index (χ3n) is 3.67. The smallest absolute Gasteiger partial charge is 0.265 e. The molecule has 1 amide bonds. The van der Waals surface area contributed by atoms with Gasteiger partial charge in [-0.2, -0.15) is 0 Å². The lowest BCUT2D eigenvalue weighted by molar-refractivity contribution is 0.0992. The number of primary amides is 1. The van der Waals surface area contributed by atoms with Crippen molar-refractivity contribution >= 4 is 37.5 Å². The number of sulfonamides is 1. The van der Waals surface area contributed by atoms with Gasteiger partial charge in [-0.05, 0) is 38.4 Å². The largest absolute Gasteiger partial charge is 0.364 e. The minimum Gasteiger partial charge on any atom is -0.364 e. The fourth-order valence-corrected chi connectivity index (χ4v) is 4.26. The Bertz CT molecular complexity index is 877. The van der Waals surface area contributed by atoms with Crippen LogP contribution in [0.5, 0.6) is 0 Å². The van der Waals surface area contributed by atoms with Gasteiger partial charge in [0.1, 0.15) is 10.6 Å². The van der Waals surface area contributed by atoms with Crippen LogP contribution < -0.4 is 10.0 Å². The number of hydrogen-bond acceptors (Lipinski definition) is 4. The standard InChI is InChI=1S/C16H21BrN4O3S/c1-19(2)7-8-21(13-6-4-5-12(17)9-13)25(23,24)14-10-15(16(18)22)20(3)11-14/h4-6,9-11H,7-8H2,1-3H3,(H2,18,22). The molecule has 1 heterocycles. The number of amides is 1. The van der Waals surface area contributed by atoms with Crippen LogP contribution in [-0.2, 0) is 17.1 Å². The molecular formula is C16H21BrN4O3S. The zero-order valence-electron chi connectivity index (χ0n) is 14.3. The fourth-order valence-electron chi connectivity index (χ4n) is 2.36. The van der Waals surface area contributed by atoms with Crippen LogP contribution in [-0.4, -0.2) is 51.0 Å². The van der Waals surface area contributed by atoms with E-state index >= 15 is 0 Å².